The van der Waals surface area contributed by atoms with Gasteiger partial charge in [0.05, 0.1) is 13.7 Å². The van der Waals surface area contributed by atoms with Crippen molar-refractivity contribution in [3.63, 3.8) is 0 Å². The van der Waals surface area contributed by atoms with E-state index >= 15 is 0 Å². The second-order valence-corrected chi connectivity index (χ2v) is 7.60. The Morgan fingerprint density at radius 1 is 0.909 bits per heavy atom. The minimum atomic E-state index is -0.162. The Hall–Kier alpha value is -2.49. The van der Waals surface area contributed by atoms with E-state index in [1.54, 1.807) is 7.11 Å². The van der Waals surface area contributed by atoms with Crippen LogP contribution in [0.3, 0.4) is 0 Å². The van der Waals surface area contributed by atoms with Crippen molar-refractivity contribution in [3.8, 4) is 11.5 Å². The summed E-state index contributed by atoms with van der Waals surface area (Å²) >= 11 is 0. The Morgan fingerprint density at radius 3 is 2.24 bits per heavy atom. The van der Waals surface area contributed by atoms with E-state index in [1.165, 1.54) is 16.7 Å². The van der Waals surface area contributed by atoms with Crippen LogP contribution >= 0.6 is 24.0 Å². The molecule has 7 nitrogen and oxygen atoms in total. The van der Waals surface area contributed by atoms with Gasteiger partial charge >= 0.3 is 0 Å². The highest BCUT2D eigenvalue weighted by Gasteiger charge is 2.08. The summed E-state index contributed by atoms with van der Waals surface area (Å²) in [6.45, 7) is 10.8. The fourth-order valence-corrected chi connectivity index (χ4v) is 3.37. The van der Waals surface area contributed by atoms with Gasteiger partial charge < -0.3 is 25.4 Å². The number of guanidine groups is 1. The van der Waals surface area contributed by atoms with Crippen molar-refractivity contribution in [2.24, 2.45) is 4.99 Å². The highest BCUT2D eigenvalue weighted by molar-refractivity contribution is 14.0. The number of nitrogens with one attached hydrogen (secondary N) is 3. The molecule has 1 amide bonds. The quantitative estimate of drug-likeness (QED) is 0.219. The number of aliphatic imine (C=N–C) groups is 1. The van der Waals surface area contributed by atoms with Gasteiger partial charge in [-0.2, -0.15) is 0 Å². The smallest absolute Gasteiger partial charge is 0.257 e. The number of nitrogens with zero attached hydrogens (tertiary/aromatic N) is 1. The minimum absolute atomic E-state index is 0. The number of carbonyl (C=O) groups excluding carboxylic acids is 1. The highest BCUT2D eigenvalue weighted by atomic mass is 127. The van der Waals surface area contributed by atoms with Crippen molar-refractivity contribution in [1.29, 1.82) is 0 Å². The van der Waals surface area contributed by atoms with Crippen LogP contribution in [0.5, 0.6) is 11.5 Å². The summed E-state index contributed by atoms with van der Waals surface area (Å²) < 4.78 is 11.0. The lowest BCUT2D eigenvalue weighted by atomic mass is 10.1. The van der Waals surface area contributed by atoms with Crippen molar-refractivity contribution in [2.45, 2.75) is 40.7 Å². The summed E-state index contributed by atoms with van der Waals surface area (Å²) in [5, 5.41) is 9.39. The normalized spacial score (nSPS) is 10.8. The first-order chi connectivity index (χ1) is 15.4. The second kappa shape index (κ2) is 15.4. The van der Waals surface area contributed by atoms with Gasteiger partial charge in [-0.15, -0.1) is 24.0 Å². The lowest BCUT2D eigenvalue weighted by Gasteiger charge is -2.13. The molecule has 0 aliphatic heterocycles. The molecule has 0 saturated carbocycles. The van der Waals surface area contributed by atoms with Gasteiger partial charge in [-0.25, -0.2) is 4.99 Å². The number of halogens is 1. The predicted molar refractivity (Wildman–Crippen MR) is 145 cm³/mol. The van der Waals surface area contributed by atoms with Gasteiger partial charge in [0.25, 0.3) is 5.91 Å². The van der Waals surface area contributed by atoms with Gasteiger partial charge in [-0.1, -0.05) is 35.4 Å². The maximum absolute atomic E-state index is 11.6. The predicted octanol–water partition coefficient (Wildman–Crippen LogP) is 3.74. The molecule has 0 aliphatic carbocycles. The number of hydrogen-bond acceptors (Lipinski definition) is 4. The molecule has 0 aromatic heterocycles. The van der Waals surface area contributed by atoms with Crippen LogP contribution in [-0.4, -0.2) is 45.2 Å². The molecule has 182 valence electrons. The van der Waals surface area contributed by atoms with E-state index < -0.39 is 0 Å². The number of rotatable bonds is 11. The summed E-state index contributed by atoms with van der Waals surface area (Å²) in [6.07, 6.45) is 0.929. The van der Waals surface area contributed by atoms with Gasteiger partial charge in [-0.3, -0.25) is 4.79 Å². The lowest BCUT2D eigenvalue weighted by molar-refractivity contribution is -0.123. The molecule has 0 bridgehead atoms. The molecular weight excluding hydrogens is 531 g/mol. The largest absolute Gasteiger partial charge is 0.493 e. The number of likely N-dealkylation sites (N-methyl/N-ethyl adjacent to an activating group) is 1. The molecule has 0 atom stereocenters. The monoisotopic (exact) mass is 568 g/mol. The summed E-state index contributed by atoms with van der Waals surface area (Å²) in [5.41, 5.74) is 4.87. The Kier molecular flexibility index (Phi) is 13.3. The zero-order valence-corrected chi connectivity index (χ0v) is 22.6. The van der Waals surface area contributed by atoms with Crippen molar-refractivity contribution in [3.05, 3.63) is 58.7 Å². The molecule has 0 radical (unpaired) electrons. The number of benzene rings is 2. The Balaban J connectivity index is 0.00000544. The molecule has 2 aromatic carbocycles. The Bertz CT molecular complexity index is 898. The van der Waals surface area contributed by atoms with Crippen molar-refractivity contribution >= 4 is 35.8 Å². The fraction of sp³-hybridized carbons (Fsp3) is 0.440. The van der Waals surface area contributed by atoms with E-state index in [4.69, 9.17) is 9.47 Å². The van der Waals surface area contributed by atoms with Crippen LogP contribution in [-0.2, 0) is 17.8 Å². The summed E-state index contributed by atoms with van der Waals surface area (Å²) in [4.78, 5) is 16.3. The van der Waals surface area contributed by atoms with Crippen LogP contribution < -0.4 is 25.4 Å². The first-order valence-corrected chi connectivity index (χ1v) is 11.1. The van der Waals surface area contributed by atoms with E-state index in [-0.39, 0.29) is 36.5 Å². The number of ether oxygens (including phenoxy) is 2. The van der Waals surface area contributed by atoms with Gasteiger partial charge in [0.2, 0.25) is 0 Å². The van der Waals surface area contributed by atoms with E-state index in [2.05, 4.69) is 53.0 Å². The molecule has 2 rings (SSSR count). The summed E-state index contributed by atoms with van der Waals surface area (Å²) in [5.74, 6) is 1.72. The summed E-state index contributed by atoms with van der Waals surface area (Å²) in [7, 11) is 1.58. The van der Waals surface area contributed by atoms with Crippen molar-refractivity contribution in [2.75, 3.05) is 33.4 Å². The Labute approximate surface area is 214 Å². The molecule has 0 unspecified atom stereocenters. The average molecular weight is 569 g/mol. The molecule has 33 heavy (non-hydrogen) atoms. The molecule has 8 heteroatoms. The average Bonchev–Trinajstić information content (AvgIpc) is 2.75. The first kappa shape index (κ1) is 28.5. The Morgan fingerprint density at radius 2 is 1.61 bits per heavy atom. The van der Waals surface area contributed by atoms with Gasteiger partial charge in [0.1, 0.15) is 0 Å². The summed E-state index contributed by atoms with van der Waals surface area (Å²) in [6, 6.07) is 12.3. The number of methoxy groups -OCH3 is 1. The minimum Gasteiger partial charge on any atom is -0.493 e. The third-order valence-electron chi connectivity index (χ3n) is 4.71. The maximum Gasteiger partial charge on any atom is 0.257 e. The third-order valence-corrected chi connectivity index (χ3v) is 4.71. The number of carbonyl (C=O) groups is 1. The molecule has 0 fully saturated rings. The molecule has 0 aliphatic rings. The van der Waals surface area contributed by atoms with Crippen LogP contribution in [0.2, 0.25) is 0 Å². The maximum atomic E-state index is 11.6. The van der Waals surface area contributed by atoms with Crippen LogP contribution in [0.15, 0.2) is 41.4 Å². The zero-order valence-electron chi connectivity index (χ0n) is 20.3. The van der Waals surface area contributed by atoms with Crippen molar-refractivity contribution in [1.82, 2.24) is 16.0 Å². The zero-order chi connectivity index (χ0) is 23.3. The number of amides is 1. The van der Waals surface area contributed by atoms with Gasteiger partial charge in [-0.05, 0) is 57.4 Å². The van der Waals surface area contributed by atoms with Crippen molar-refractivity contribution < 1.29 is 14.3 Å². The molecule has 2 aromatic rings. The van der Waals surface area contributed by atoms with Crippen LogP contribution in [0, 0.1) is 13.8 Å². The fourth-order valence-electron chi connectivity index (χ4n) is 3.37. The molecule has 3 N–H and O–H groups in total. The van der Waals surface area contributed by atoms with E-state index in [9.17, 15) is 4.79 Å². The molecule has 0 spiro atoms. The molecular formula is C25H37IN4O3. The highest BCUT2D eigenvalue weighted by Crippen LogP contribution is 2.28. The standard InChI is InChI=1S/C25H36N4O3.HI/c1-6-26-24(30)17-32-22-9-8-21(15-23(22)31-5)16-29-25(27-7-2)28-11-10-20-13-18(3)12-19(4)14-20;/h8-9,12-15H,6-7,10-11,16-17H2,1-5H3,(H,26,30)(H2,27,28,29);1H. The van der Waals surface area contributed by atoms with Crippen LogP contribution in [0.1, 0.15) is 36.1 Å². The third kappa shape index (κ3) is 10.3. The van der Waals surface area contributed by atoms with Gasteiger partial charge in [0.15, 0.2) is 24.1 Å². The SMILES string of the molecule is CCNC(=O)COc1ccc(CN=C(NCC)NCCc2cc(C)cc(C)c2)cc1OC.I. The lowest BCUT2D eigenvalue weighted by Crippen LogP contribution is -2.38. The molecule has 0 heterocycles. The topological polar surface area (TPSA) is 84.0 Å². The van der Waals surface area contributed by atoms with E-state index in [0.717, 1.165) is 31.0 Å². The van der Waals surface area contributed by atoms with Gasteiger partial charge in [0, 0.05) is 19.6 Å². The number of aryl methyl sites for hydroxylation is 2. The van der Waals surface area contributed by atoms with Crippen LogP contribution in [0.25, 0.3) is 0 Å². The van der Waals surface area contributed by atoms with E-state index in [1.807, 2.05) is 32.0 Å². The number of hydrogen-bond donors (Lipinski definition) is 3. The first-order valence-electron chi connectivity index (χ1n) is 11.1. The van der Waals surface area contributed by atoms with E-state index in [0.29, 0.717) is 24.6 Å². The van der Waals surface area contributed by atoms with Crippen LogP contribution in [0.4, 0.5) is 0 Å². The second-order valence-electron chi connectivity index (χ2n) is 7.60. The molecule has 0 saturated heterocycles.